The number of carbonyl (C=O) groups excluding carboxylic acids is 1. The van der Waals surface area contributed by atoms with Gasteiger partial charge in [0.15, 0.2) is 0 Å². The maximum Gasteiger partial charge on any atom is 0.275 e. The smallest absolute Gasteiger partial charge is 0.275 e. The first-order chi connectivity index (χ1) is 12.2. The Morgan fingerprint density at radius 1 is 1.24 bits per heavy atom. The fourth-order valence-electron chi connectivity index (χ4n) is 2.05. The minimum Gasteiger partial charge on any atom is -0.493 e. The topological polar surface area (TPSA) is 59.9 Å². The van der Waals surface area contributed by atoms with E-state index in [0.29, 0.717) is 30.3 Å². The van der Waals surface area contributed by atoms with Crippen molar-refractivity contribution in [2.45, 2.75) is 6.92 Å². The van der Waals surface area contributed by atoms with Gasteiger partial charge in [-0.3, -0.25) is 4.79 Å². The lowest BCUT2D eigenvalue weighted by molar-refractivity contribution is 0.0951. The molecule has 0 aliphatic heterocycles. The minimum absolute atomic E-state index is 0.312. The number of hydrogen-bond acceptors (Lipinski definition) is 4. The summed E-state index contributed by atoms with van der Waals surface area (Å²) in [6, 6.07) is 12.7. The molecule has 1 N–H and O–H groups in total. The van der Waals surface area contributed by atoms with E-state index >= 15 is 0 Å². The number of nitrogens with zero attached hydrogens (tertiary/aromatic N) is 1. The molecule has 0 aliphatic carbocycles. The van der Waals surface area contributed by atoms with E-state index < -0.39 is 0 Å². The van der Waals surface area contributed by atoms with E-state index in [2.05, 4.69) is 33.0 Å². The summed E-state index contributed by atoms with van der Waals surface area (Å²) in [5.74, 6) is 0.802. The molecule has 0 saturated heterocycles. The number of ether oxygens (including phenoxy) is 2. The highest BCUT2D eigenvalue weighted by molar-refractivity contribution is 9.10. The Morgan fingerprint density at radius 2 is 2.04 bits per heavy atom. The summed E-state index contributed by atoms with van der Waals surface area (Å²) < 4.78 is 11.8. The van der Waals surface area contributed by atoms with Gasteiger partial charge in [0.05, 0.1) is 18.4 Å². The Bertz CT molecular complexity index is 775. The van der Waals surface area contributed by atoms with Crippen molar-refractivity contribution < 1.29 is 14.3 Å². The third-order valence-electron chi connectivity index (χ3n) is 3.13. The van der Waals surface area contributed by atoms with Gasteiger partial charge in [0.1, 0.15) is 18.1 Å². The van der Waals surface area contributed by atoms with Crippen molar-refractivity contribution in [3.8, 4) is 11.5 Å². The molecule has 0 saturated carbocycles. The summed E-state index contributed by atoms with van der Waals surface area (Å²) in [5, 5.41) is 4.02. The number of hydrazone groups is 1. The van der Waals surface area contributed by atoms with Crippen LogP contribution in [0.4, 0.5) is 0 Å². The van der Waals surface area contributed by atoms with Crippen LogP contribution >= 0.6 is 15.9 Å². The average Bonchev–Trinajstić information content (AvgIpc) is 2.62. The van der Waals surface area contributed by atoms with E-state index in [9.17, 15) is 4.79 Å². The summed E-state index contributed by atoms with van der Waals surface area (Å²) in [7, 11) is 0. The predicted octanol–water partition coefficient (Wildman–Crippen LogP) is 4.18. The second-order valence-corrected chi connectivity index (χ2v) is 5.83. The zero-order chi connectivity index (χ0) is 18.1. The number of rotatable bonds is 8. The molecule has 0 aromatic heterocycles. The molecule has 0 unspecified atom stereocenters. The lowest BCUT2D eigenvalue weighted by Crippen LogP contribution is -2.19. The molecular formula is C19H19BrN2O3. The van der Waals surface area contributed by atoms with E-state index in [-0.39, 0.29) is 5.91 Å². The first-order valence-corrected chi connectivity index (χ1v) is 8.53. The van der Waals surface area contributed by atoms with Gasteiger partial charge < -0.3 is 9.47 Å². The van der Waals surface area contributed by atoms with Gasteiger partial charge in [-0.25, -0.2) is 5.43 Å². The van der Waals surface area contributed by atoms with Crippen molar-refractivity contribution in [3.63, 3.8) is 0 Å². The standard InChI is InChI=1S/C19H19BrN2O3/c1-3-11-25-18-10-9-15(20)12-16(18)19(23)22-21-13-14-7-5-6-8-17(14)24-4-2/h3,5-10,12-13H,1,4,11H2,2H3,(H,22,23). The summed E-state index contributed by atoms with van der Waals surface area (Å²) >= 11 is 3.35. The Balaban J connectivity index is 2.12. The maximum atomic E-state index is 12.4. The first kappa shape index (κ1) is 18.7. The molecule has 0 fully saturated rings. The van der Waals surface area contributed by atoms with Gasteiger partial charge in [0, 0.05) is 10.0 Å². The van der Waals surface area contributed by atoms with Gasteiger partial charge >= 0.3 is 0 Å². The van der Waals surface area contributed by atoms with E-state index in [1.165, 1.54) is 0 Å². The molecule has 5 nitrogen and oxygen atoms in total. The van der Waals surface area contributed by atoms with Gasteiger partial charge in [-0.2, -0.15) is 5.10 Å². The highest BCUT2D eigenvalue weighted by Gasteiger charge is 2.12. The number of amides is 1. The number of para-hydroxylation sites is 1. The quantitative estimate of drug-likeness (QED) is 0.409. The van der Waals surface area contributed by atoms with Crippen molar-refractivity contribution in [1.82, 2.24) is 5.43 Å². The average molecular weight is 403 g/mol. The van der Waals surface area contributed by atoms with Crippen molar-refractivity contribution in [2.75, 3.05) is 13.2 Å². The summed E-state index contributed by atoms with van der Waals surface area (Å²) in [6.07, 6.45) is 3.16. The van der Waals surface area contributed by atoms with Crippen LogP contribution in [0.25, 0.3) is 0 Å². The van der Waals surface area contributed by atoms with Crippen molar-refractivity contribution in [2.24, 2.45) is 5.10 Å². The third-order valence-corrected chi connectivity index (χ3v) is 3.62. The van der Waals surface area contributed by atoms with Crippen LogP contribution in [0, 0.1) is 0 Å². The van der Waals surface area contributed by atoms with Crippen LogP contribution in [0.3, 0.4) is 0 Å². The first-order valence-electron chi connectivity index (χ1n) is 7.74. The van der Waals surface area contributed by atoms with Crippen molar-refractivity contribution in [3.05, 3.63) is 70.7 Å². The maximum absolute atomic E-state index is 12.4. The van der Waals surface area contributed by atoms with E-state index in [1.54, 1.807) is 30.5 Å². The number of halogens is 1. The van der Waals surface area contributed by atoms with Crippen LogP contribution in [0.15, 0.2) is 64.7 Å². The Labute approximate surface area is 155 Å². The molecule has 2 aromatic rings. The number of nitrogens with one attached hydrogen (secondary N) is 1. The second-order valence-electron chi connectivity index (χ2n) is 4.91. The van der Waals surface area contributed by atoms with Crippen LogP contribution in [0.5, 0.6) is 11.5 Å². The van der Waals surface area contributed by atoms with Gasteiger partial charge in [0.25, 0.3) is 5.91 Å². The summed E-state index contributed by atoms with van der Waals surface area (Å²) in [4.78, 5) is 12.4. The summed E-state index contributed by atoms with van der Waals surface area (Å²) in [5.41, 5.74) is 3.67. The molecule has 1 amide bonds. The molecule has 25 heavy (non-hydrogen) atoms. The second kappa shape index (κ2) is 9.64. The molecule has 0 heterocycles. The highest BCUT2D eigenvalue weighted by Crippen LogP contribution is 2.23. The Kier molecular flexibility index (Phi) is 7.22. The van der Waals surface area contributed by atoms with Crippen LogP contribution in [-0.2, 0) is 0 Å². The fourth-order valence-corrected chi connectivity index (χ4v) is 2.41. The van der Waals surface area contributed by atoms with E-state index in [0.717, 1.165) is 10.0 Å². The zero-order valence-electron chi connectivity index (χ0n) is 13.9. The van der Waals surface area contributed by atoms with Gasteiger partial charge in [-0.05, 0) is 37.3 Å². The van der Waals surface area contributed by atoms with Gasteiger partial charge in [0.2, 0.25) is 0 Å². The van der Waals surface area contributed by atoms with Crippen molar-refractivity contribution >= 4 is 28.1 Å². The van der Waals surface area contributed by atoms with Gasteiger partial charge in [-0.1, -0.05) is 40.7 Å². The fraction of sp³-hybridized carbons (Fsp3) is 0.158. The van der Waals surface area contributed by atoms with E-state index in [1.807, 2.05) is 31.2 Å². The molecular weight excluding hydrogens is 384 g/mol. The van der Waals surface area contributed by atoms with Crippen LogP contribution in [0.2, 0.25) is 0 Å². The zero-order valence-corrected chi connectivity index (χ0v) is 15.5. The predicted molar refractivity (Wildman–Crippen MR) is 103 cm³/mol. The largest absolute Gasteiger partial charge is 0.493 e. The van der Waals surface area contributed by atoms with Crippen LogP contribution in [-0.4, -0.2) is 25.3 Å². The molecule has 0 atom stereocenters. The molecule has 0 spiro atoms. The highest BCUT2D eigenvalue weighted by atomic mass is 79.9. The van der Waals surface area contributed by atoms with Crippen molar-refractivity contribution in [1.29, 1.82) is 0 Å². The summed E-state index contributed by atoms with van der Waals surface area (Å²) in [6.45, 7) is 6.38. The minimum atomic E-state index is -0.370. The molecule has 2 aromatic carbocycles. The lowest BCUT2D eigenvalue weighted by atomic mass is 10.2. The number of carbonyl (C=O) groups is 1. The lowest BCUT2D eigenvalue weighted by Gasteiger charge is -2.09. The molecule has 6 heteroatoms. The molecule has 0 bridgehead atoms. The number of hydrogen-bond donors (Lipinski definition) is 1. The normalized spacial score (nSPS) is 10.5. The molecule has 2 rings (SSSR count). The van der Waals surface area contributed by atoms with Crippen LogP contribution in [0.1, 0.15) is 22.8 Å². The van der Waals surface area contributed by atoms with Gasteiger partial charge in [-0.15, -0.1) is 0 Å². The monoisotopic (exact) mass is 402 g/mol. The Hall–Kier alpha value is -2.60. The Morgan fingerprint density at radius 3 is 2.80 bits per heavy atom. The number of benzene rings is 2. The third kappa shape index (κ3) is 5.46. The molecule has 0 radical (unpaired) electrons. The molecule has 130 valence electrons. The SMILES string of the molecule is C=CCOc1ccc(Br)cc1C(=O)NN=Cc1ccccc1OCC. The molecule has 0 aliphatic rings. The van der Waals surface area contributed by atoms with Crippen LogP contribution < -0.4 is 14.9 Å². The van der Waals surface area contributed by atoms with E-state index in [4.69, 9.17) is 9.47 Å².